The molecule has 0 aromatic carbocycles. The molecule has 0 aliphatic carbocycles. The van der Waals surface area contributed by atoms with Gasteiger partial charge in [-0.25, -0.2) is 9.78 Å². The number of nitrogens with one attached hydrogen (secondary N) is 1. The van der Waals surface area contributed by atoms with Crippen LogP contribution in [0.15, 0.2) is 4.79 Å². The number of hydrogen-bond acceptors (Lipinski definition) is 8. The molecule has 9 heteroatoms. The fraction of sp³-hybridized carbons (Fsp3) is 0.650. The third-order valence-corrected chi connectivity index (χ3v) is 5.69. The number of aromatic nitrogens is 2. The first-order valence-electron chi connectivity index (χ1n) is 9.84. The van der Waals surface area contributed by atoms with Crippen LogP contribution in [0.25, 0.3) is 10.2 Å². The number of methoxy groups -OCH3 is 1. The maximum absolute atomic E-state index is 12.7. The number of aromatic amines is 1. The van der Waals surface area contributed by atoms with Gasteiger partial charge in [0, 0.05) is 12.6 Å². The quantitative estimate of drug-likeness (QED) is 0.563. The summed E-state index contributed by atoms with van der Waals surface area (Å²) in [5, 5.41) is 10.7. The predicted octanol–water partition coefficient (Wildman–Crippen LogP) is 2.33. The van der Waals surface area contributed by atoms with Gasteiger partial charge in [-0.2, -0.15) is 0 Å². The number of aryl methyl sites for hydroxylation is 1. The zero-order valence-electron chi connectivity index (χ0n) is 17.9. The summed E-state index contributed by atoms with van der Waals surface area (Å²) >= 11 is 1.18. The maximum Gasteiger partial charge on any atom is 0.348 e. The lowest BCUT2D eigenvalue weighted by Gasteiger charge is -2.28. The lowest BCUT2D eigenvalue weighted by Crippen LogP contribution is -2.39. The number of fused-ring (bicyclic) bond motifs is 1. The molecule has 2 rings (SSSR count). The number of aliphatic hydroxyl groups excluding tert-OH is 1. The van der Waals surface area contributed by atoms with Crippen molar-refractivity contribution < 1.29 is 19.4 Å². The first kappa shape index (κ1) is 23.5. The van der Waals surface area contributed by atoms with Crippen LogP contribution < -0.4 is 5.56 Å². The molecule has 0 saturated heterocycles. The number of esters is 1. The molecule has 162 valence electrons. The van der Waals surface area contributed by atoms with Crippen LogP contribution in [0.4, 0.5) is 0 Å². The van der Waals surface area contributed by atoms with Gasteiger partial charge in [-0.05, 0) is 39.7 Å². The van der Waals surface area contributed by atoms with Crippen molar-refractivity contribution in [2.75, 3.05) is 20.3 Å². The topological polar surface area (TPSA) is 105 Å². The van der Waals surface area contributed by atoms with Crippen LogP contribution in [0.3, 0.4) is 0 Å². The van der Waals surface area contributed by atoms with Gasteiger partial charge in [0.2, 0.25) is 0 Å². The summed E-state index contributed by atoms with van der Waals surface area (Å²) in [4.78, 5) is 35.2. The zero-order valence-corrected chi connectivity index (χ0v) is 18.8. The number of H-pyrrole nitrogens is 1. The standard InChI is InChI=1S/C20H31N3O5S/c1-7-14-16-18(25)21-15(22-19(16)29-17(14)20(26)27-6)9-23(11(2)3)8-13(24)10-28-12(4)5/h11-13,24H,7-10H2,1-6H3,(H,21,22,25). The Labute approximate surface area is 174 Å². The SMILES string of the molecule is CCc1c(C(=O)OC)sc2nc(CN(CC(O)COC(C)C)C(C)C)[nH]c(=O)c12. The van der Waals surface area contributed by atoms with Gasteiger partial charge in [-0.1, -0.05) is 6.92 Å². The summed E-state index contributed by atoms with van der Waals surface area (Å²) in [7, 11) is 1.32. The molecular weight excluding hydrogens is 394 g/mol. The van der Waals surface area contributed by atoms with Gasteiger partial charge in [0.15, 0.2) is 0 Å². The lowest BCUT2D eigenvalue weighted by atomic mass is 10.1. The molecule has 0 spiro atoms. The molecule has 29 heavy (non-hydrogen) atoms. The Kier molecular flexibility index (Phi) is 8.33. The predicted molar refractivity (Wildman–Crippen MR) is 114 cm³/mol. The second kappa shape index (κ2) is 10.3. The summed E-state index contributed by atoms with van der Waals surface area (Å²) in [5.74, 6) is 0.0383. The smallest absolute Gasteiger partial charge is 0.348 e. The van der Waals surface area contributed by atoms with Crippen molar-refractivity contribution in [1.29, 1.82) is 0 Å². The van der Waals surface area contributed by atoms with E-state index in [2.05, 4.69) is 9.97 Å². The molecule has 0 fully saturated rings. The fourth-order valence-electron chi connectivity index (χ4n) is 3.06. The molecule has 1 atom stereocenters. The number of carbonyl (C=O) groups is 1. The van der Waals surface area contributed by atoms with Gasteiger partial charge in [0.1, 0.15) is 15.5 Å². The van der Waals surface area contributed by atoms with Crippen molar-refractivity contribution >= 4 is 27.5 Å². The summed E-state index contributed by atoms with van der Waals surface area (Å²) in [6, 6.07) is 0.130. The van der Waals surface area contributed by atoms with Crippen molar-refractivity contribution in [2.24, 2.45) is 0 Å². The maximum atomic E-state index is 12.7. The Balaban J connectivity index is 2.30. The molecule has 2 heterocycles. The van der Waals surface area contributed by atoms with E-state index in [1.54, 1.807) is 0 Å². The molecule has 0 amide bonds. The van der Waals surface area contributed by atoms with Crippen molar-refractivity contribution in [1.82, 2.24) is 14.9 Å². The number of nitrogens with zero attached hydrogens (tertiary/aromatic N) is 2. The van der Waals surface area contributed by atoms with Crippen LogP contribution in [0.2, 0.25) is 0 Å². The van der Waals surface area contributed by atoms with Gasteiger partial charge in [-0.3, -0.25) is 9.69 Å². The first-order chi connectivity index (χ1) is 13.7. The molecule has 2 aromatic heterocycles. The van der Waals surface area contributed by atoms with E-state index in [1.807, 2.05) is 39.5 Å². The van der Waals surface area contributed by atoms with E-state index >= 15 is 0 Å². The molecule has 2 aromatic rings. The first-order valence-corrected chi connectivity index (χ1v) is 10.7. The minimum atomic E-state index is -0.644. The lowest BCUT2D eigenvalue weighted by molar-refractivity contribution is -0.0140. The molecule has 0 radical (unpaired) electrons. The van der Waals surface area contributed by atoms with E-state index in [1.165, 1.54) is 18.4 Å². The minimum Gasteiger partial charge on any atom is -0.465 e. The third-order valence-electron chi connectivity index (χ3n) is 4.58. The highest BCUT2D eigenvalue weighted by Crippen LogP contribution is 2.29. The highest BCUT2D eigenvalue weighted by molar-refractivity contribution is 7.20. The number of ether oxygens (including phenoxy) is 2. The molecule has 0 saturated carbocycles. The minimum absolute atomic E-state index is 0.0492. The van der Waals surface area contributed by atoms with Crippen LogP contribution in [0.5, 0.6) is 0 Å². The highest BCUT2D eigenvalue weighted by atomic mass is 32.1. The molecule has 2 N–H and O–H groups in total. The normalized spacial score (nSPS) is 13.0. The second-order valence-electron chi connectivity index (χ2n) is 7.51. The van der Waals surface area contributed by atoms with Crippen molar-refractivity contribution in [2.45, 2.75) is 65.8 Å². The number of hydrogen-bond donors (Lipinski definition) is 2. The summed E-state index contributed by atoms with van der Waals surface area (Å²) in [5.41, 5.74) is 0.403. The third kappa shape index (κ3) is 5.85. The Bertz CT molecular complexity index is 890. The molecule has 1 unspecified atom stereocenters. The number of thiophene rings is 1. The van der Waals surface area contributed by atoms with Gasteiger partial charge >= 0.3 is 5.97 Å². The van der Waals surface area contributed by atoms with Crippen LogP contribution in [-0.2, 0) is 22.4 Å². The van der Waals surface area contributed by atoms with Gasteiger partial charge in [0.25, 0.3) is 5.56 Å². The Morgan fingerprint density at radius 1 is 1.31 bits per heavy atom. The van der Waals surface area contributed by atoms with Crippen molar-refractivity contribution in [3.8, 4) is 0 Å². The summed E-state index contributed by atoms with van der Waals surface area (Å²) in [6.45, 7) is 10.8. The summed E-state index contributed by atoms with van der Waals surface area (Å²) in [6.07, 6.45) is -0.0582. The molecule has 0 aliphatic rings. The van der Waals surface area contributed by atoms with Crippen molar-refractivity contribution in [3.05, 3.63) is 26.6 Å². The summed E-state index contributed by atoms with van der Waals surface area (Å²) < 4.78 is 10.3. The zero-order chi connectivity index (χ0) is 21.7. The molecule has 0 bridgehead atoms. The van der Waals surface area contributed by atoms with E-state index in [0.29, 0.717) is 46.0 Å². The number of carbonyl (C=O) groups excluding carboxylic acids is 1. The van der Waals surface area contributed by atoms with Crippen LogP contribution >= 0.6 is 11.3 Å². The van der Waals surface area contributed by atoms with Gasteiger partial charge in [0.05, 0.1) is 37.9 Å². The molecular formula is C20H31N3O5S. The number of rotatable bonds is 10. The Morgan fingerprint density at radius 2 is 2.00 bits per heavy atom. The van der Waals surface area contributed by atoms with Gasteiger partial charge < -0.3 is 19.6 Å². The number of aliphatic hydroxyl groups is 1. The second-order valence-corrected chi connectivity index (χ2v) is 8.51. The molecule has 0 aliphatic heterocycles. The monoisotopic (exact) mass is 425 g/mol. The Morgan fingerprint density at radius 3 is 2.55 bits per heavy atom. The van der Waals surface area contributed by atoms with Crippen LogP contribution in [0.1, 0.15) is 55.7 Å². The Hall–Kier alpha value is -1.81. The average Bonchev–Trinajstić information content (AvgIpc) is 3.04. The van der Waals surface area contributed by atoms with E-state index in [-0.39, 0.29) is 24.3 Å². The van der Waals surface area contributed by atoms with Crippen LogP contribution in [0, 0.1) is 0 Å². The average molecular weight is 426 g/mol. The van der Waals surface area contributed by atoms with E-state index in [0.717, 1.165) is 0 Å². The van der Waals surface area contributed by atoms with Gasteiger partial charge in [-0.15, -0.1) is 11.3 Å². The largest absolute Gasteiger partial charge is 0.465 e. The highest BCUT2D eigenvalue weighted by Gasteiger charge is 2.23. The van der Waals surface area contributed by atoms with Crippen molar-refractivity contribution in [3.63, 3.8) is 0 Å². The van der Waals surface area contributed by atoms with E-state index < -0.39 is 12.1 Å². The van der Waals surface area contributed by atoms with Crippen LogP contribution in [-0.4, -0.2) is 64.5 Å². The van der Waals surface area contributed by atoms with E-state index in [4.69, 9.17) is 9.47 Å². The van der Waals surface area contributed by atoms with E-state index in [9.17, 15) is 14.7 Å². The molecule has 8 nitrogen and oxygen atoms in total. The fourth-order valence-corrected chi connectivity index (χ4v) is 4.26.